The normalized spacial score (nSPS) is 15.6. The van der Waals surface area contributed by atoms with Crippen LogP contribution in [0.1, 0.15) is 11.1 Å². The summed E-state index contributed by atoms with van der Waals surface area (Å²) in [6.07, 6.45) is 0.553. The molecule has 0 radical (unpaired) electrons. The second kappa shape index (κ2) is 3.35. The second-order valence-electron chi connectivity index (χ2n) is 3.04. The van der Waals surface area contributed by atoms with Gasteiger partial charge in [0, 0.05) is 11.0 Å². The topological polar surface area (TPSA) is 12.0 Å². The fourth-order valence-electron chi connectivity index (χ4n) is 1.56. The van der Waals surface area contributed by atoms with Crippen molar-refractivity contribution in [3.05, 3.63) is 33.3 Å². The van der Waals surface area contributed by atoms with Gasteiger partial charge in [0.2, 0.25) is 0 Å². The Balaban J connectivity index is 2.63. The summed E-state index contributed by atoms with van der Waals surface area (Å²) in [5.74, 6) is -1.47. The standard InChI is InChI=1S/C9H8BrF2N/c10-7-3-8(11)9(12)5-1-2-13-4-6(5)7/h3,13H,1-2,4H2. The summed E-state index contributed by atoms with van der Waals surface area (Å²) in [5, 5.41) is 3.11. The summed E-state index contributed by atoms with van der Waals surface area (Å²) in [7, 11) is 0. The molecule has 0 spiro atoms. The van der Waals surface area contributed by atoms with Crippen LogP contribution in [0.5, 0.6) is 0 Å². The van der Waals surface area contributed by atoms with Crippen LogP contribution in [0.4, 0.5) is 8.78 Å². The molecule has 0 atom stereocenters. The number of halogens is 3. The number of fused-ring (bicyclic) bond motifs is 1. The van der Waals surface area contributed by atoms with Gasteiger partial charge in [-0.2, -0.15) is 0 Å². The molecule has 4 heteroatoms. The van der Waals surface area contributed by atoms with Gasteiger partial charge in [0.25, 0.3) is 0 Å². The van der Waals surface area contributed by atoms with Crippen molar-refractivity contribution in [3.63, 3.8) is 0 Å². The van der Waals surface area contributed by atoms with Gasteiger partial charge in [-0.1, -0.05) is 15.9 Å². The minimum Gasteiger partial charge on any atom is -0.312 e. The Labute approximate surface area is 83.3 Å². The van der Waals surface area contributed by atoms with Crippen LogP contribution in [0, 0.1) is 11.6 Å². The minimum absolute atomic E-state index is 0.505. The monoisotopic (exact) mass is 247 g/mol. The van der Waals surface area contributed by atoms with Gasteiger partial charge >= 0.3 is 0 Å². The number of nitrogens with one attached hydrogen (secondary N) is 1. The van der Waals surface area contributed by atoms with Crippen molar-refractivity contribution in [2.75, 3.05) is 6.54 Å². The Hall–Kier alpha value is -0.480. The number of hydrogen-bond acceptors (Lipinski definition) is 1. The summed E-state index contributed by atoms with van der Waals surface area (Å²) in [6.45, 7) is 1.31. The lowest BCUT2D eigenvalue weighted by atomic mass is 10.0. The molecular weight excluding hydrogens is 240 g/mol. The summed E-state index contributed by atoms with van der Waals surface area (Å²) in [6, 6.07) is 1.18. The Bertz CT molecular complexity index is 352. The molecule has 0 aliphatic carbocycles. The average molecular weight is 248 g/mol. The first-order valence-corrected chi connectivity index (χ1v) is 4.85. The van der Waals surface area contributed by atoms with Gasteiger partial charge in [0.1, 0.15) is 0 Å². The van der Waals surface area contributed by atoms with E-state index in [1.807, 2.05) is 0 Å². The highest BCUT2D eigenvalue weighted by atomic mass is 79.9. The van der Waals surface area contributed by atoms with Crippen molar-refractivity contribution in [3.8, 4) is 0 Å². The van der Waals surface area contributed by atoms with Crippen LogP contribution in [-0.2, 0) is 13.0 Å². The van der Waals surface area contributed by atoms with Crippen LogP contribution in [0.3, 0.4) is 0 Å². The van der Waals surface area contributed by atoms with E-state index in [1.54, 1.807) is 0 Å². The highest BCUT2D eigenvalue weighted by molar-refractivity contribution is 9.10. The molecule has 0 saturated heterocycles. The SMILES string of the molecule is Fc1cc(Br)c2c(c1F)CCNC2. The zero-order valence-electron chi connectivity index (χ0n) is 6.83. The van der Waals surface area contributed by atoms with E-state index in [2.05, 4.69) is 21.2 Å². The van der Waals surface area contributed by atoms with E-state index in [1.165, 1.54) is 6.07 Å². The Kier molecular flexibility index (Phi) is 2.34. The maximum atomic E-state index is 13.2. The summed E-state index contributed by atoms with van der Waals surface area (Å²) < 4.78 is 26.8. The largest absolute Gasteiger partial charge is 0.312 e. The van der Waals surface area contributed by atoms with E-state index in [0.29, 0.717) is 29.5 Å². The molecule has 1 aromatic carbocycles. The lowest BCUT2D eigenvalue weighted by Gasteiger charge is -2.19. The maximum absolute atomic E-state index is 13.2. The zero-order chi connectivity index (χ0) is 9.42. The van der Waals surface area contributed by atoms with E-state index in [-0.39, 0.29) is 0 Å². The molecule has 0 bridgehead atoms. The number of benzene rings is 1. The lowest BCUT2D eigenvalue weighted by molar-refractivity contribution is 0.484. The fraction of sp³-hybridized carbons (Fsp3) is 0.333. The van der Waals surface area contributed by atoms with Crippen LogP contribution < -0.4 is 5.32 Å². The van der Waals surface area contributed by atoms with Gasteiger partial charge in [-0.15, -0.1) is 0 Å². The van der Waals surface area contributed by atoms with Crippen LogP contribution in [-0.4, -0.2) is 6.54 Å². The molecule has 1 aliphatic rings. The first-order valence-electron chi connectivity index (χ1n) is 4.06. The summed E-state index contributed by atoms with van der Waals surface area (Å²) in [5.41, 5.74) is 1.34. The van der Waals surface area contributed by atoms with Gasteiger partial charge < -0.3 is 5.32 Å². The third kappa shape index (κ3) is 1.48. The molecule has 1 heterocycles. The molecule has 0 unspecified atom stereocenters. The van der Waals surface area contributed by atoms with Gasteiger partial charge in [-0.25, -0.2) is 8.78 Å². The highest BCUT2D eigenvalue weighted by Gasteiger charge is 2.19. The molecule has 0 amide bonds. The molecule has 70 valence electrons. The quantitative estimate of drug-likeness (QED) is 0.695. The molecule has 1 nitrogen and oxygen atoms in total. The third-order valence-electron chi connectivity index (χ3n) is 2.23. The molecule has 1 N–H and O–H groups in total. The third-order valence-corrected chi connectivity index (χ3v) is 2.94. The number of rotatable bonds is 0. The van der Waals surface area contributed by atoms with Gasteiger partial charge in [-0.3, -0.25) is 0 Å². The Morgan fingerprint density at radius 2 is 2.08 bits per heavy atom. The van der Waals surface area contributed by atoms with Gasteiger partial charge in [0.05, 0.1) is 0 Å². The predicted molar refractivity (Wildman–Crippen MR) is 49.5 cm³/mol. The van der Waals surface area contributed by atoms with Crippen molar-refractivity contribution in [1.29, 1.82) is 0 Å². The molecule has 0 saturated carbocycles. The minimum atomic E-state index is -0.771. The van der Waals surface area contributed by atoms with E-state index >= 15 is 0 Å². The zero-order valence-corrected chi connectivity index (χ0v) is 8.42. The van der Waals surface area contributed by atoms with Crippen molar-refractivity contribution in [1.82, 2.24) is 5.32 Å². The average Bonchev–Trinajstić information content (AvgIpc) is 2.15. The van der Waals surface area contributed by atoms with Crippen molar-refractivity contribution in [2.24, 2.45) is 0 Å². The molecule has 2 rings (SSSR count). The second-order valence-corrected chi connectivity index (χ2v) is 3.89. The van der Waals surface area contributed by atoms with Crippen molar-refractivity contribution >= 4 is 15.9 Å². The van der Waals surface area contributed by atoms with Crippen LogP contribution in [0.2, 0.25) is 0 Å². The predicted octanol–water partition coefficient (Wildman–Crippen LogP) is 2.37. The molecule has 0 aromatic heterocycles. The molecule has 1 aromatic rings. The first-order chi connectivity index (χ1) is 6.20. The maximum Gasteiger partial charge on any atom is 0.162 e. The Morgan fingerprint density at radius 1 is 1.31 bits per heavy atom. The number of hydrogen-bond donors (Lipinski definition) is 1. The summed E-state index contributed by atoms with van der Waals surface area (Å²) >= 11 is 3.22. The smallest absolute Gasteiger partial charge is 0.162 e. The molecule has 1 aliphatic heterocycles. The summed E-state index contributed by atoms with van der Waals surface area (Å²) in [4.78, 5) is 0. The fourth-order valence-corrected chi connectivity index (χ4v) is 2.14. The van der Waals surface area contributed by atoms with E-state index in [4.69, 9.17) is 0 Å². The van der Waals surface area contributed by atoms with Crippen molar-refractivity contribution < 1.29 is 8.78 Å². The lowest BCUT2D eigenvalue weighted by Crippen LogP contribution is -2.25. The first kappa shape index (κ1) is 9.09. The highest BCUT2D eigenvalue weighted by Crippen LogP contribution is 2.27. The molecular formula is C9H8BrF2N. The van der Waals surface area contributed by atoms with Gasteiger partial charge in [0.15, 0.2) is 11.6 Å². The Morgan fingerprint density at radius 3 is 2.85 bits per heavy atom. The van der Waals surface area contributed by atoms with E-state index in [9.17, 15) is 8.78 Å². The van der Waals surface area contributed by atoms with E-state index < -0.39 is 11.6 Å². The van der Waals surface area contributed by atoms with Gasteiger partial charge in [-0.05, 0) is 30.2 Å². The van der Waals surface area contributed by atoms with Crippen LogP contribution >= 0.6 is 15.9 Å². The molecule has 13 heavy (non-hydrogen) atoms. The van der Waals surface area contributed by atoms with E-state index in [0.717, 1.165) is 5.56 Å². The molecule has 0 fully saturated rings. The van der Waals surface area contributed by atoms with Crippen LogP contribution in [0.15, 0.2) is 10.5 Å². The van der Waals surface area contributed by atoms with Crippen molar-refractivity contribution in [2.45, 2.75) is 13.0 Å². The van der Waals surface area contributed by atoms with Crippen LogP contribution in [0.25, 0.3) is 0 Å².